The molecular weight excluding hydrogens is 388 g/mol. The monoisotopic (exact) mass is 424 g/mol. The Labute approximate surface area is 186 Å². The first kappa shape index (κ1) is 21.9. The number of carbonyl (C=O) groups excluding carboxylic acids is 1. The van der Waals surface area contributed by atoms with Crippen molar-refractivity contribution in [3.63, 3.8) is 0 Å². The molecule has 6 nitrogen and oxygen atoms in total. The predicted molar refractivity (Wildman–Crippen MR) is 123 cm³/mol. The van der Waals surface area contributed by atoms with Gasteiger partial charge in [-0.15, -0.1) is 0 Å². The fourth-order valence-electron chi connectivity index (χ4n) is 5.08. The molecule has 1 saturated heterocycles. The van der Waals surface area contributed by atoms with Crippen molar-refractivity contribution in [2.45, 2.75) is 65.1 Å². The number of likely N-dealkylation sites (tertiary alicyclic amines) is 1. The molecule has 168 valence electrons. The fraction of sp³-hybridized carbons (Fsp3) is 0.600. The molecule has 1 amide bonds. The van der Waals surface area contributed by atoms with E-state index < -0.39 is 0 Å². The van der Waals surface area contributed by atoms with Crippen molar-refractivity contribution in [2.75, 3.05) is 25.0 Å². The van der Waals surface area contributed by atoms with Gasteiger partial charge in [0.15, 0.2) is 5.76 Å². The molecule has 2 heterocycles. The second-order valence-corrected chi connectivity index (χ2v) is 9.93. The number of hydrogen-bond donors (Lipinski definition) is 1. The second kappa shape index (κ2) is 9.03. The molecule has 1 N–H and O–H groups in total. The Kier molecular flexibility index (Phi) is 6.37. The molecule has 2 fully saturated rings. The van der Waals surface area contributed by atoms with Crippen LogP contribution in [0.3, 0.4) is 0 Å². The number of piperidine rings is 1. The Balaban J connectivity index is 1.26. The molecule has 6 heteroatoms. The number of nitrogens with one attached hydrogen (secondary N) is 1. The quantitative estimate of drug-likeness (QED) is 0.731. The van der Waals surface area contributed by atoms with Crippen LogP contribution in [0.2, 0.25) is 0 Å². The van der Waals surface area contributed by atoms with Crippen LogP contribution >= 0.6 is 0 Å². The van der Waals surface area contributed by atoms with Gasteiger partial charge in [-0.25, -0.2) is 0 Å². The molecule has 1 aliphatic carbocycles. The molecule has 1 saturated carbocycles. The largest absolute Gasteiger partial charge is 0.367 e. The van der Waals surface area contributed by atoms with E-state index in [1.54, 1.807) is 6.92 Å². The number of hydrogen-bond acceptors (Lipinski definition) is 5. The van der Waals surface area contributed by atoms with Crippen LogP contribution in [0, 0.1) is 11.3 Å². The highest BCUT2D eigenvalue weighted by Crippen LogP contribution is 2.48. The topological polar surface area (TPSA) is 61.6 Å². The Morgan fingerprint density at radius 3 is 2.61 bits per heavy atom. The number of benzene rings is 1. The van der Waals surface area contributed by atoms with Crippen LogP contribution < -0.4 is 10.2 Å². The molecule has 0 bridgehead atoms. The first-order valence-corrected chi connectivity index (χ1v) is 11.5. The maximum Gasteiger partial charge on any atom is 0.219 e. The van der Waals surface area contributed by atoms with Crippen molar-refractivity contribution in [1.29, 1.82) is 0 Å². The van der Waals surface area contributed by atoms with E-state index in [-0.39, 0.29) is 11.3 Å². The van der Waals surface area contributed by atoms with Crippen molar-refractivity contribution in [2.24, 2.45) is 11.3 Å². The summed E-state index contributed by atoms with van der Waals surface area (Å²) >= 11 is 0. The standard InChI is InChI=1S/C25H36N4O2/c1-18(30)29-12-10-20(11-13-29)26-24-15-19(25(24,2)3)14-21-16-23(31-27-21)17-28(4)22-8-6-5-7-9-22/h5-9,16,19-20,24,26H,10-15,17H2,1-4H3. The van der Waals surface area contributed by atoms with Crippen LogP contribution in [-0.2, 0) is 17.8 Å². The van der Waals surface area contributed by atoms with Crippen molar-refractivity contribution >= 4 is 11.6 Å². The lowest BCUT2D eigenvalue weighted by Crippen LogP contribution is -2.61. The molecule has 1 aliphatic heterocycles. The van der Waals surface area contributed by atoms with E-state index >= 15 is 0 Å². The van der Waals surface area contributed by atoms with E-state index in [4.69, 9.17) is 4.52 Å². The molecule has 0 radical (unpaired) electrons. The lowest BCUT2D eigenvalue weighted by molar-refractivity contribution is -0.130. The van der Waals surface area contributed by atoms with Gasteiger partial charge in [0.25, 0.3) is 0 Å². The van der Waals surface area contributed by atoms with E-state index in [2.05, 4.69) is 54.5 Å². The Bertz CT molecular complexity index is 871. The van der Waals surface area contributed by atoms with Gasteiger partial charge in [-0.3, -0.25) is 4.79 Å². The van der Waals surface area contributed by atoms with Gasteiger partial charge in [-0.05, 0) is 49.1 Å². The number of nitrogens with zero attached hydrogens (tertiary/aromatic N) is 3. The summed E-state index contributed by atoms with van der Waals surface area (Å²) in [6.45, 7) is 8.88. The number of amides is 1. The Hall–Kier alpha value is -2.34. The van der Waals surface area contributed by atoms with Crippen LogP contribution in [0.5, 0.6) is 0 Å². The third kappa shape index (κ3) is 4.95. The summed E-state index contributed by atoms with van der Waals surface area (Å²) in [7, 11) is 2.07. The molecule has 0 spiro atoms. The summed E-state index contributed by atoms with van der Waals surface area (Å²) in [6.07, 6.45) is 4.25. The van der Waals surface area contributed by atoms with Crippen molar-refractivity contribution in [3.8, 4) is 0 Å². The van der Waals surface area contributed by atoms with Gasteiger partial charge in [0.1, 0.15) is 0 Å². The molecule has 2 aromatic rings. The first-order valence-electron chi connectivity index (χ1n) is 11.5. The number of para-hydroxylation sites is 1. The van der Waals surface area contributed by atoms with Gasteiger partial charge in [0.05, 0.1) is 12.2 Å². The highest BCUT2D eigenvalue weighted by molar-refractivity contribution is 5.73. The van der Waals surface area contributed by atoms with E-state index in [0.29, 0.717) is 24.5 Å². The molecule has 31 heavy (non-hydrogen) atoms. The van der Waals surface area contributed by atoms with E-state index in [1.165, 1.54) is 12.1 Å². The van der Waals surface area contributed by atoms with Gasteiger partial charge in [-0.2, -0.15) is 0 Å². The normalized spacial score (nSPS) is 23.4. The van der Waals surface area contributed by atoms with Crippen LogP contribution in [0.1, 0.15) is 51.5 Å². The average Bonchev–Trinajstić information content (AvgIpc) is 3.21. The van der Waals surface area contributed by atoms with Crippen molar-refractivity contribution in [1.82, 2.24) is 15.4 Å². The Morgan fingerprint density at radius 1 is 1.26 bits per heavy atom. The lowest BCUT2D eigenvalue weighted by Gasteiger charge is -2.54. The predicted octanol–water partition coefficient (Wildman–Crippen LogP) is 3.87. The molecular formula is C25H36N4O2. The summed E-state index contributed by atoms with van der Waals surface area (Å²) in [4.78, 5) is 15.7. The number of rotatable bonds is 7. The summed E-state index contributed by atoms with van der Waals surface area (Å²) in [5.41, 5.74) is 2.46. The smallest absolute Gasteiger partial charge is 0.219 e. The fourth-order valence-corrected chi connectivity index (χ4v) is 5.08. The van der Waals surface area contributed by atoms with Gasteiger partial charge < -0.3 is 19.6 Å². The zero-order valence-electron chi connectivity index (χ0n) is 19.3. The SMILES string of the molecule is CC(=O)N1CCC(NC2CC(Cc3cc(CN(C)c4ccccc4)on3)C2(C)C)CC1. The van der Waals surface area contributed by atoms with Crippen LogP contribution in [0.15, 0.2) is 40.9 Å². The lowest BCUT2D eigenvalue weighted by atomic mass is 9.57. The highest BCUT2D eigenvalue weighted by atomic mass is 16.5. The highest BCUT2D eigenvalue weighted by Gasteiger charge is 2.48. The van der Waals surface area contributed by atoms with Crippen molar-refractivity contribution in [3.05, 3.63) is 47.9 Å². The molecule has 2 unspecified atom stereocenters. The van der Waals surface area contributed by atoms with E-state index in [9.17, 15) is 4.79 Å². The van der Waals surface area contributed by atoms with Crippen molar-refractivity contribution < 1.29 is 9.32 Å². The van der Waals surface area contributed by atoms with Gasteiger partial charge in [-0.1, -0.05) is 37.2 Å². The van der Waals surface area contributed by atoms with E-state index in [0.717, 1.165) is 43.8 Å². The number of anilines is 1. The molecule has 2 aliphatic rings. The Morgan fingerprint density at radius 2 is 1.97 bits per heavy atom. The van der Waals surface area contributed by atoms with E-state index in [1.807, 2.05) is 23.1 Å². The summed E-state index contributed by atoms with van der Waals surface area (Å²) in [6, 6.07) is 13.5. The van der Waals surface area contributed by atoms with Crippen LogP contribution in [-0.4, -0.2) is 48.2 Å². The number of carbonyl (C=O) groups is 1. The van der Waals surface area contributed by atoms with Gasteiger partial charge >= 0.3 is 0 Å². The van der Waals surface area contributed by atoms with Crippen LogP contribution in [0.25, 0.3) is 0 Å². The third-order valence-electron chi connectivity index (χ3n) is 7.50. The molecule has 4 rings (SSSR count). The maximum absolute atomic E-state index is 11.5. The first-order chi connectivity index (χ1) is 14.8. The third-order valence-corrected chi connectivity index (χ3v) is 7.50. The summed E-state index contributed by atoms with van der Waals surface area (Å²) < 4.78 is 5.63. The minimum absolute atomic E-state index is 0.199. The number of aromatic nitrogens is 1. The zero-order chi connectivity index (χ0) is 22.0. The minimum Gasteiger partial charge on any atom is -0.367 e. The summed E-state index contributed by atoms with van der Waals surface area (Å²) in [5, 5.41) is 8.24. The summed E-state index contributed by atoms with van der Waals surface area (Å²) in [5.74, 6) is 1.71. The van der Waals surface area contributed by atoms with Crippen LogP contribution in [0.4, 0.5) is 5.69 Å². The van der Waals surface area contributed by atoms with Gasteiger partial charge in [0, 0.05) is 50.9 Å². The average molecular weight is 425 g/mol. The zero-order valence-corrected chi connectivity index (χ0v) is 19.3. The molecule has 1 aromatic heterocycles. The second-order valence-electron chi connectivity index (χ2n) is 9.93. The molecule has 2 atom stereocenters. The van der Waals surface area contributed by atoms with Gasteiger partial charge in [0.2, 0.25) is 5.91 Å². The maximum atomic E-state index is 11.5. The minimum atomic E-state index is 0.199. The molecule has 1 aromatic carbocycles.